The Morgan fingerprint density at radius 1 is 1.38 bits per heavy atom. The predicted molar refractivity (Wildman–Crippen MR) is 84.7 cm³/mol. The highest BCUT2D eigenvalue weighted by molar-refractivity contribution is 7.90. The van der Waals surface area contributed by atoms with Gasteiger partial charge in [-0.05, 0) is 30.9 Å². The third kappa shape index (κ3) is 3.87. The number of nitrogens with one attached hydrogen (secondary N) is 1. The van der Waals surface area contributed by atoms with E-state index < -0.39 is 10.2 Å². The van der Waals surface area contributed by atoms with E-state index in [1.54, 1.807) is 12.1 Å². The largest absolute Gasteiger partial charge is 0.396 e. The van der Waals surface area contributed by atoms with Crippen LogP contribution in [0, 0.1) is 5.92 Å². The number of anilines is 2. The summed E-state index contributed by atoms with van der Waals surface area (Å²) in [5.41, 5.74) is 1.38. The molecule has 118 valence electrons. The van der Waals surface area contributed by atoms with Crippen molar-refractivity contribution in [2.24, 2.45) is 5.92 Å². The second-order valence-corrected chi connectivity index (χ2v) is 7.24. The summed E-state index contributed by atoms with van der Waals surface area (Å²) in [7, 11) is 0.152. The van der Waals surface area contributed by atoms with Crippen LogP contribution in [0.4, 0.5) is 11.4 Å². The molecule has 7 heteroatoms. The SMILES string of the molecule is CN(C)c1ccccc1NS(=O)(=O)N1CCCC(CO)C1. The van der Waals surface area contributed by atoms with Crippen molar-refractivity contribution >= 4 is 21.6 Å². The van der Waals surface area contributed by atoms with Gasteiger partial charge in [-0.15, -0.1) is 0 Å². The fraction of sp³-hybridized carbons (Fsp3) is 0.571. The number of aliphatic hydroxyl groups excluding tert-OH is 1. The van der Waals surface area contributed by atoms with E-state index in [0.717, 1.165) is 18.5 Å². The average molecular weight is 313 g/mol. The predicted octanol–water partition coefficient (Wildman–Crippen LogP) is 1.11. The highest BCUT2D eigenvalue weighted by Crippen LogP contribution is 2.26. The molecule has 1 fully saturated rings. The van der Waals surface area contributed by atoms with Gasteiger partial charge in [-0.3, -0.25) is 4.72 Å². The lowest BCUT2D eigenvalue weighted by Crippen LogP contribution is -2.43. The first-order chi connectivity index (χ1) is 9.94. The van der Waals surface area contributed by atoms with Gasteiger partial charge in [-0.2, -0.15) is 12.7 Å². The van der Waals surface area contributed by atoms with Crippen LogP contribution in [0.2, 0.25) is 0 Å². The fourth-order valence-electron chi connectivity index (χ4n) is 2.55. The fourth-order valence-corrected chi connectivity index (χ4v) is 3.90. The van der Waals surface area contributed by atoms with Gasteiger partial charge in [0.15, 0.2) is 0 Å². The van der Waals surface area contributed by atoms with Gasteiger partial charge in [0.05, 0.1) is 11.4 Å². The topological polar surface area (TPSA) is 72.9 Å². The van der Waals surface area contributed by atoms with Gasteiger partial charge in [0.1, 0.15) is 0 Å². The maximum atomic E-state index is 12.5. The third-order valence-electron chi connectivity index (χ3n) is 3.70. The third-order valence-corrected chi connectivity index (χ3v) is 5.19. The van der Waals surface area contributed by atoms with Crippen molar-refractivity contribution in [2.75, 3.05) is 43.4 Å². The lowest BCUT2D eigenvalue weighted by atomic mass is 10.0. The van der Waals surface area contributed by atoms with Crippen LogP contribution >= 0.6 is 0 Å². The molecule has 21 heavy (non-hydrogen) atoms. The van der Waals surface area contributed by atoms with Crippen LogP contribution in [0.25, 0.3) is 0 Å². The summed E-state index contributed by atoms with van der Waals surface area (Å²) < 4.78 is 29.1. The zero-order valence-electron chi connectivity index (χ0n) is 12.5. The molecule has 0 aliphatic carbocycles. The van der Waals surface area contributed by atoms with Gasteiger partial charge >= 0.3 is 10.2 Å². The van der Waals surface area contributed by atoms with Crippen LogP contribution in [-0.2, 0) is 10.2 Å². The number of rotatable bonds is 5. The summed E-state index contributed by atoms with van der Waals surface area (Å²) in [5.74, 6) is 0.0272. The lowest BCUT2D eigenvalue weighted by Gasteiger charge is -2.31. The molecular formula is C14H23N3O3S. The molecule has 0 saturated carbocycles. The zero-order chi connectivity index (χ0) is 15.5. The minimum Gasteiger partial charge on any atom is -0.396 e. The Balaban J connectivity index is 2.18. The second-order valence-electron chi connectivity index (χ2n) is 5.57. The molecule has 1 unspecified atom stereocenters. The first-order valence-corrected chi connectivity index (χ1v) is 8.53. The molecule has 1 aromatic carbocycles. The molecule has 2 rings (SSSR count). The van der Waals surface area contributed by atoms with Crippen molar-refractivity contribution in [3.05, 3.63) is 24.3 Å². The van der Waals surface area contributed by atoms with Gasteiger partial charge in [-0.25, -0.2) is 0 Å². The van der Waals surface area contributed by atoms with Crippen LogP contribution in [0.3, 0.4) is 0 Å². The first kappa shape index (κ1) is 16.1. The van der Waals surface area contributed by atoms with Crippen molar-refractivity contribution in [1.29, 1.82) is 0 Å². The number of aliphatic hydroxyl groups is 1. The molecule has 1 saturated heterocycles. The van der Waals surface area contributed by atoms with Gasteiger partial charge in [-0.1, -0.05) is 12.1 Å². The Labute approximate surface area is 126 Å². The van der Waals surface area contributed by atoms with Gasteiger partial charge in [0.2, 0.25) is 0 Å². The van der Waals surface area contributed by atoms with Gasteiger partial charge in [0, 0.05) is 33.8 Å². The Hall–Kier alpha value is -1.31. The first-order valence-electron chi connectivity index (χ1n) is 7.09. The van der Waals surface area contributed by atoms with Crippen molar-refractivity contribution in [3.63, 3.8) is 0 Å². The maximum absolute atomic E-state index is 12.5. The van der Waals surface area contributed by atoms with E-state index in [1.807, 2.05) is 31.1 Å². The molecule has 1 aliphatic heterocycles. The van der Waals surface area contributed by atoms with Crippen LogP contribution in [0.1, 0.15) is 12.8 Å². The van der Waals surface area contributed by atoms with E-state index in [-0.39, 0.29) is 12.5 Å². The monoisotopic (exact) mass is 313 g/mol. The van der Waals surface area contributed by atoms with Crippen LogP contribution < -0.4 is 9.62 Å². The Kier molecular flexibility index (Phi) is 5.08. The molecule has 1 heterocycles. The lowest BCUT2D eigenvalue weighted by molar-refractivity contribution is 0.166. The van der Waals surface area contributed by atoms with E-state index in [4.69, 9.17) is 0 Å². The summed E-state index contributed by atoms with van der Waals surface area (Å²) in [5, 5.41) is 9.23. The molecule has 0 radical (unpaired) electrons. The zero-order valence-corrected chi connectivity index (χ0v) is 13.3. The second kappa shape index (κ2) is 6.64. The van der Waals surface area contributed by atoms with Gasteiger partial charge < -0.3 is 10.0 Å². The van der Waals surface area contributed by atoms with E-state index in [0.29, 0.717) is 18.8 Å². The Bertz CT molecular complexity index is 575. The summed E-state index contributed by atoms with van der Waals surface area (Å²) in [4.78, 5) is 1.87. The van der Waals surface area contributed by atoms with Crippen LogP contribution in [0.15, 0.2) is 24.3 Å². The number of benzene rings is 1. The van der Waals surface area contributed by atoms with E-state index in [2.05, 4.69) is 4.72 Å². The highest BCUT2D eigenvalue weighted by atomic mass is 32.2. The van der Waals surface area contributed by atoms with E-state index in [9.17, 15) is 13.5 Å². The summed E-state index contributed by atoms with van der Waals surface area (Å²) in [6.07, 6.45) is 1.65. The molecule has 6 nitrogen and oxygen atoms in total. The minimum atomic E-state index is -3.59. The Morgan fingerprint density at radius 2 is 2.10 bits per heavy atom. The van der Waals surface area contributed by atoms with E-state index >= 15 is 0 Å². The van der Waals surface area contributed by atoms with Crippen LogP contribution in [-0.4, -0.2) is 51.6 Å². The molecule has 1 aromatic rings. The normalized spacial score (nSPS) is 20.2. The van der Waals surface area contributed by atoms with Crippen molar-refractivity contribution in [1.82, 2.24) is 4.31 Å². The number of hydrogen-bond acceptors (Lipinski definition) is 4. The quantitative estimate of drug-likeness (QED) is 0.854. The number of para-hydroxylation sites is 2. The molecule has 2 N–H and O–H groups in total. The molecule has 1 aliphatic rings. The van der Waals surface area contributed by atoms with Crippen molar-refractivity contribution < 1.29 is 13.5 Å². The molecule has 0 bridgehead atoms. The molecule has 0 aromatic heterocycles. The maximum Gasteiger partial charge on any atom is 0.301 e. The molecule has 0 amide bonds. The Morgan fingerprint density at radius 3 is 2.76 bits per heavy atom. The standard InChI is InChI=1S/C14H23N3O3S/c1-16(2)14-8-4-3-7-13(14)15-21(19,20)17-9-5-6-12(10-17)11-18/h3-4,7-8,12,15,18H,5-6,9-11H2,1-2H3. The van der Waals surface area contributed by atoms with Crippen molar-refractivity contribution in [3.8, 4) is 0 Å². The van der Waals surface area contributed by atoms with Crippen LogP contribution in [0.5, 0.6) is 0 Å². The smallest absolute Gasteiger partial charge is 0.301 e. The molecule has 1 atom stereocenters. The van der Waals surface area contributed by atoms with Gasteiger partial charge in [0.25, 0.3) is 0 Å². The molecular weight excluding hydrogens is 290 g/mol. The highest BCUT2D eigenvalue weighted by Gasteiger charge is 2.29. The summed E-state index contributed by atoms with van der Waals surface area (Å²) in [6.45, 7) is 0.895. The average Bonchev–Trinajstić information content (AvgIpc) is 2.47. The number of piperidine rings is 1. The minimum absolute atomic E-state index is 0.0272. The number of nitrogens with zero attached hydrogens (tertiary/aromatic N) is 2. The summed E-state index contributed by atoms with van der Waals surface area (Å²) >= 11 is 0. The van der Waals surface area contributed by atoms with E-state index in [1.165, 1.54) is 4.31 Å². The molecule has 0 spiro atoms. The number of hydrogen-bond donors (Lipinski definition) is 2. The summed E-state index contributed by atoms with van der Waals surface area (Å²) in [6, 6.07) is 7.29. The van der Waals surface area contributed by atoms with Crippen molar-refractivity contribution in [2.45, 2.75) is 12.8 Å².